The molecule has 1 N–H and O–H groups in total. The largest absolute Gasteiger partial charge is 0.463 e. The van der Waals surface area contributed by atoms with Gasteiger partial charge in [0, 0.05) is 12.6 Å². The minimum atomic E-state index is -0.449. The van der Waals surface area contributed by atoms with E-state index in [-0.39, 0.29) is 5.76 Å². The van der Waals surface area contributed by atoms with Crippen LogP contribution >= 0.6 is 0 Å². The Bertz CT molecular complexity index is 355. The van der Waals surface area contributed by atoms with Gasteiger partial charge in [0.05, 0.1) is 20.3 Å². The van der Waals surface area contributed by atoms with Gasteiger partial charge in [-0.1, -0.05) is 0 Å². The molecule has 1 unspecified atom stereocenters. The number of nitrogens with one attached hydrogen (secondary N) is 1. The third kappa shape index (κ3) is 2.62. The van der Waals surface area contributed by atoms with Crippen LogP contribution in [0.3, 0.4) is 0 Å². The smallest absolute Gasteiger partial charge is 0.373 e. The van der Waals surface area contributed by atoms with Crippen molar-refractivity contribution in [1.82, 2.24) is 5.32 Å². The fourth-order valence-corrected chi connectivity index (χ4v) is 1.62. The summed E-state index contributed by atoms with van der Waals surface area (Å²) in [6.45, 7) is 2.15. The Labute approximate surface area is 93.7 Å². The molecule has 0 radical (unpaired) electrons. The highest BCUT2D eigenvalue weighted by molar-refractivity contribution is 5.86. The molecule has 1 atom stereocenters. The molecule has 0 amide bonds. The number of carbonyl (C=O) groups excluding carboxylic acids is 1. The number of carbonyl (C=O) groups is 1. The highest BCUT2D eigenvalue weighted by atomic mass is 16.5. The fourth-order valence-electron chi connectivity index (χ4n) is 1.62. The zero-order chi connectivity index (χ0) is 11.4. The maximum atomic E-state index is 11.1. The quantitative estimate of drug-likeness (QED) is 0.773. The summed E-state index contributed by atoms with van der Waals surface area (Å²) in [5, 5.41) is 3.30. The lowest BCUT2D eigenvalue weighted by atomic mass is 10.2. The van der Waals surface area contributed by atoms with Crippen LogP contribution in [0.5, 0.6) is 0 Å². The van der Waals surface area contributed by atoms with Crippen molar-refractivity contribution in [2.75, 3.05) is 20.3 Å². The number of hydrogen-bond donors (Lipinski definition) is 1. The second-order valence-corrected chi connectivity index (χ2v) is 3.70. The zero-order valence-corrected chi connectivity index (χ0v) is 9.19. The second kappa shape index (κ2) is 5.14. The molecule has 0 spiro atoms. The molecule has 1 aliphatic rings. The molecule has 2 rings (SSSR count). The molecule has 88 valence electrons. The van der Waals surface area contributed by atoms with Gasteiger partial charge in [-0.15, -0.1) is 0 Å². The monoisotopic (exact) mass is 225 g/mol. The predicted molar refractivity (Wildman–Crippen MR) is 56.1 cm³/mol. The molecular weight excluding hydrogens is 210 g/mol. The molecule has 0 saturated carbocycles. The van der Waals surface area contributed by atoms with E-state index in [1.807, 2.05) is 0 Å². The van der Waals surface area contributed by atoms with Gasteiger partial charge >= 0.3 is 5.97 Å². The topological polar surface area (TPSA) is 60.7 Å². The zero-order valence-electron chi connectivity index (χ0n) is 9.19. The Morgan fingerprint density at radius 1 is 1.62 bits per heavy atom. The Morgan fingerprint density at radius 3 is 3.19 bits per heavy atom. The van der Waals surface area contributed by atoms with Crippen molar-refractivity contribution in [3.63, 3.8) is 0 Å². The van der Waals surface area contributed by atoms with E-state index < -0.39 is 5.97 Å². The molecule has 0 bridgehead atoms. The first-order chi connectivity index (χ1) is 7.79. The molecule has 16 heavy (non-hydrogen) atoms. The lowest BCUT2D eigenvalue weighted by Gasteiger charge is -2.07. The van der Waals surface area contributed by atoms with E-state index in [1.54, 1.807) is 12.1 Å². The molecule has 1 aromatic heterocycles. The number of hydrogen-bond acceptors (Lipinski definition) is 5. The molecule has 1 fully saturated rings. The van der Waals surface area contributed by atoms with Gasteiger partial charge in [-0.2, -0.15) is 0 Å². The molecule has 0 aromatic carbocycles. The predicted octanol–water partition coefficient (Wildman–Crippen LogP) is 0.945. The van der Waals surface area contributed by atoms with Crippen molar-refractivity contribution in [2.45, 2.75) is 19.0 Å². The highest BCUT2D eigenvalue weighted by Gasteiger charge is 2.16. The van der Waals surface area contributed by atoms with Crippen molar-refractivity contribution in [3.8, 4) is 0 Å². The van der Waals surface area contributed by atoms with Crippen molar-refractivity contribution in [1.29, 1.82) is 0 Å². The summed E-state index contributed by atoms with van der Waals surface area (Å²) in [7, 11) is 1.33. The van der Waals surface area contributed by atoms with E-state index in [0.717, 1.165) is 25.4 Å². The number of methoxy groups -OCH3 is 1. The van der Waals surface area contributed by atoms with Crippen molar-refractivity contribution in [2.24, 2.45) is 0 Å². The minimum absolute atomic E-state index is 0.238. The van der Waals surface area contributed by atoms with E-state index in [9.17, 15) is 4.79 Å². The number of esters is 1. The summed E-state index contributed by atoms with van der Waals surface area (Å²) >= 11 is 0. The van der Waals surface area contributed by atoms with Gasteiger partial charge in [-0.25, -0.2) is 4.79 Å². The molecule has 1 saturated heterocycles. The molecule has 5 nitrogen and oxygen atoms in total. The van der Waals surface area contributed by atoms with E-state index in [2.05, 4.69) is 10.1 Å². The van der Waals surface area contributed by atoms with Crippen LogP contribution in [0, 0.1) is 0 Å². The average molecular weight is 225 g/mol. The van der Waals surface area contributed by atoms with Crippen LogP contribution in [-0.4, -0.2) is 32.3 Å². The lowest BCUT2D eigenvalue weighted by molar-refractivity contribution is 0.0562. The van der Waals surface area contributed by atoms with Gasteiger partial charge in [0.2, 0.25) is 5.76 Å². The third-order valence-electron chi connectivity index (χ3n) is 2.54. The molecule has 2 heterocycles. The molecule has 0 aliphatic carbocycles. The number of ether oxygens (including phenoxy) is 2. The first-order valence-electron chi connectivity index (χ1n) is 5.28. The number of rotatable bonds is 4. The molecule has 1 aromatic rings. The second-order valence-electron chi connectivity index (χ2n) is 3.70. The Hall–Kier alpha value is -1.33. The van der Waals surface area contributed by atoms with E-state index in [0.29, 0.717) is 12.6 Å². The van der Waals surface area contributed by atoms with Crippen LogP contribution in [-0.2, 0) is 16.0 Å². The Morgan fingerprint density at radius 2 is 2.50 bits per heavy atom. The average Bonchev–Trinajstić information content (AvgIpc) is 2.96. The maximum Gasteiger partial charge on any atom is 0.373 e. The summed E-state index contributed by atoms with van der Waals surface area (Å²) in [6.07, 6.45) is 1.02. The molecular formula is C11H15NO4. The summed E-state index contributed by atoms with van der Waals surface area (Å²) < 4.78 is 15.1. The summed E-state index contributed by atoms with van der Waals surface area (Å²) in [5.41, 5.74) is 0. The van der Waals surface area contributed by atoms with Gasteiger partial charge < -0.3 is 19.2 Å². The first kappa shape index (κ1) is 11.2. The van der Waals surface area contributed by atoms with Gasteiger partial charge in [-0.3, -0.25) is 0 Å². The number of furan rings is 1. The van der Waals surface area contributed by atoms with Gasteiger partial charge in [0.25, 0.3) is 0 Å². The van der Waals surface area contributed by atoms with Gasteiger partial charge in [-0.05, 0) is 18.6 Å². The Kier molecular flexibility index (Phi) is 3.58. The third-order valence-corrected chi connectivity index (χ3v) is 2.54. The standard InChI is InChI=1S/C11H15NO4/c1-14-11(13)10-3-2-9(16-10)6-12-8-4-5-15-7-8/h2-3,8,12H,4-7H2,1H3. The van der Waals surface area contributed by atoms with Crippen LogP contribution in [0.1, 0.15) is 22.7 Å². The van der Waals surface area contributed by atoms with Crippen molar-refractivity contribution >= 4 is 5.97 Å². The highest BCUT2D eigenvalue weighted by Crippen LogP contribution is 2.10. The van der Waals surface area contributed by atoms with Crippen LogP contribution in [0.4, 0.5) is 0 Å². The maximum absolute atomic E-state index is 11.1. The van der Waals surface area contributed by atoms with Crippen LogP contribution in [0.15, 0.2) is 16.5 Å². The summed E-state index contributed by atoms with van der Waals surface area (Å²) in [5.74, 6) is 0.518. The normalized spacial score (nSPS) is 19.9. The SMILES string of the molecule is COC(=O)c1ccc(CNC2CCOC2)o1. The molecule has 1 aliphatic heterocycles. The lowest BCUT2D eigenvalue weighted by Crippen LogP contribution is -2.28. The minimum Gasteiger partial charge on any atom is -0.463 e. The van der Waals surface area contributed by atoms with E-state index in [4.69, 9.17) is 9.15 Å². The molecule has 5 heteroatoms. The van der Waals surface area contributed by atoms with Crippen LogP contribution < -0.4 is 5.32 Å². The van der Waals surface area contributed by atoms with Crippen LogP contribution in [0.25, 0.3) is 0 Å². The summed E-state index contributed by atoms with van der Waals surface area (Å²) in [6, 6.07) is 3.77. The van der Waals surface area contributed by atoms with E-state index >= 15 is 0 Å². The van der Waals surface area contributed by atoms with E-state index in [1.165, 1.54) is 7.11 Å². The summed E-state index contributed by atoms with van der Waals surface area (Å²) in [4.78, 5) is 11.1. The van der Waals surface area contributed by atoms with Crippen molar-refractivity contribution < 1.29 is 18.7 Å². The fraction of sp³-hybridized carbons (Fsp3) is 0.545. The van der Waals surface area contributed by atoms with Crippen LogP contribution in [0.2, 0.25) is 0 Å². The van der Waals surface area contributed by atoms with Gasteiger partial charge in [0.15, 0.2) is 0 Å². The van der Waals surface area contributed by atoms with Gasteiger partial charge in [0.1, 0.15) is 5.76 Å². The van der Waals surface area contributed by atoms with Crippen molar-refractivity contribution in [3.05, 3.63) is 23.7 Å². The Balaban J connectivity index is 1.85. The first-order valence-corrected chi connectivity index (χ1v) is 5.28.